The summed E-state index contributed by atoms with van der Waals surface area (Å²) in [6.45, 7) is 1.66. The van der Waals surface area contributed by atoms with Gasteiger partial charge in [-0.25, -0.2) is 0 Å². The van der Waals surface area contributed by atoms with Gasteiger partial charge in [0.15, 0.2) is 0 Å². The van der Waals surface area contributed by atoms with Crippen molar-refractivity contribution < 1.29 is 4.79 Å². The summed E-state index contributed by atoms with van der Waals surface area (Å²) in [4.78, 5) is 17.2. The molecule has 2 aliphatic rings. The van der Waals surface area contributed by atoms with Gasteiger partial charge in [-0.3, -0.25) is 9.48 Å². The summed E-state index contributed by atoms with van der Waals surface area (Å²) in [5.41, 5.74) is 1.42. The smallest absolute Gasteiger partial charge is 0.264 e. The van der Waals surface area contributed by atoms with Crippen molar-refractivity contribution in [1.29, 1.82) is 0 Å². The molecule has 0 radical (unpaired) electrons. The van der Waals surface area contributed by atoms with E-state index in [1.807, 2.05) is 28.0 Å². The van der Waals surface area contributed by atoms with Crippen molar-refractivity contribution in [1.82, 2.24) is 14.7 Å². The molecule has 1 aliphatic heterocycles. The zero-order valence-corrected chi connectivity index (χ0v) is 13.5. The van der Waals surface area contributed by atoms with E-state index in [1.165, 1.54) is 23.3 Å². The maximum Gasteiger partial charge on any atom is 0.264 e. The largest absolute Gasteiger partial charge is 0.336 e. The first kappa shape index (κ1) is 14.0. The van der Waals surface area contributed by atoms with E-state index in [9.17, 15) is 4.79 Å². The van der Waals surface area contributed by atoms with E-state index in [0.29, 0.717) is 6.04 Å². The zero-order chi connectivity index (χ0) is 14.9. The molecular formula is C17H21N3OS. The molecule has 0 saturated carbocycles. The van der Waals surface area contributed by atoms with Crippen LogP contribution in [0.15, 0.2) is 24.5 Å². The van der Waals surface area contributed by atoms with Gasteiger partial charge in [0.25, 0.3) is 5.91 Å². The molecule has 22 heavy (non-hydrogen) atoms. The van der Waals surface area contributed by atoms with Crippen molar-refractivity contribution in [3.63, 3.8) is 0 Å². The summed E-state index contributed by atoms with van der Waals surface area (Å²) < 4.78 is 2.00. The average molecular weight is 315 g/mol. The van der Waals surface area contributed by atoms with Crippen LogP contribution in [0.25, 0.3) is 0 Å². The number of carbonyl (C=O) groups is 1. The lowest BCUT2D eigenvalue weighted by atomic mass is 9.99. The van der Waals surface area contributed by atoms with Gasteiger partial charge in [-0.05, 0) is 56.2 Å². The molecule has 0 bridgehead atoms. The molecule has 3 heterocycles. The third-order valence-corrected chi connectivity index (χ3v) is 6.02. The maximum atomic E-state index is 12.8. The van der Waals surface area contributed by atoms with Crippen molar-refractivity contribution >= 4 is 17.2 Å². The molecule has 4 rings (SSSR count). The van der Waals surface area contributed by atoms with Crippen molar-refractivity contribution in [2.45, 2.75) is 44.6 Å². The number of carbonyl (C=O) groups excluding carboxylic acids is 1. The Morgan fingerprint density at radius 2 is 2.18 bits per heavy atom. The van der Waals surface area contributed by atoms with E-state index in [-0.39, 0.29) is 5.91 Å². The molecule has 1 amide bonds. The summed E-state index contributed by atoms with van der Waals surface area (Å²) in [5, 5.41) is 4.34. The number of likely N-dealkylation sites (tertiary alicyclic amines) is 1. The summed E-state index contributed by atoms with van der Waals surface area (Å²) in [6, 6.07) is 4.43. The van der Waals surface area contributed by atoms with E-state index in [2.05, 4.69) is 11.2 Å². The van der Waals surface area contributed by atoms with Crippen molar-refractivity contribution in [2.24, 2.45) is 0 Å². The van der Waals surface area contributed by atoms with Crippen LogP contribution in [-0.2, 0) is 12.8 Å². The standard InChI is InChI=1S/C17H21N3OS/c21-17(16-11-13-5-1-2-7-15(13)22-16)19-9-3-6-14(12-19)20-10-4-8-18-20/h4,8,10-11,14H,1-3,5-7,9,12H2. The highest BCUT2D eigenvalue weighted by molar-refractivity contribution is 7.14. The number of amides is 1. The van der Waals surface area contributed by atoms with Crippen LogP contribution < -0.4 is 0 Å². The Morgan fingerprint density at radius 1 is 1.27 bits per heavy atom. The van der Waals surface area contributed by atoms with Gasteiger partial charge in [0, 0.05) is 30.4 Å². The highest BCUT2D eigenvalue weighted by Crippen LogP contribution is 2.31. The molecule has 0 spiro atoms. The molecule has 2 aromatic heterocycles. The van der Waals surface area contributed by atoms with Gasteiger partial charge in [0.2, 0.25) is 0 Å². The van der Waals surface area contributed by atoms with E-state index < -0.39 is 0 Å². The lowest BCUT2D eigenvalue weighted by molar-refractivity contribution is 0.0678. The van der Waals surface area contributed by atoms with Crippen LogP contribution in [0, 0.1) is 0 Å². The van der Waals surface area contributed by atoms with Crippen LogP contribution in [0.4, 0.5) is 0 Å². The number of rotatable bonds is 2. The number of fused-ring (bicyclic) bond motifs is 1. The third-order valence-electron chi connectivity index (χ3n) is 4.79. The van der Waals surface area contributed by atoms with Crippen LogP contribution in [0.5, 0.6) is 0 Å². The van der Waals surface area contributed by atoms with E-state index in [1.54, 1.807) is 11.3 Å². The minimum absolute atomic E-state index is 0.219. The Bertz CT molecular complexity index is 638. The number of piperidine rings is 1. The minimum Gasteiger partial charge on any atom is -0.336 e. The van der Waals surface area contributed by atoms with E-state index in [0.717, 1.165) is 43.6 Å². The van der Waals surface area contributed by atoms with Crippen LogP contribution in [0.1, 0.15) is 51.8 Å². The lowest BCUT2D eigenvalue weighted by Gasteiger charge is -2.32. The van der Waals surface area contributed by atoms with E-state index >= 15 is 0 Å². The van der Waals surface area contributed by atoms with Gasteiger partial charge in [-0.2, -0.15) is 5.10 Å². The fourth-order valence-corrected chi connectivity index (χ4v) is 4.83. The third kappa shape index (κ3) is 2.58. The van der Waals surface area contributed by atoms with Crippen LogP contribution >= 0.6 is 11.3 Å². The second kappa shape index (κ2) is 5.88. The Labute approximate surface area is 134 Å². The summed E-state index contributed by atoms with van der Waals surface area (Å²) in [7, 11) is 0. The molecule has 1 unspecified atom stereocenters. The number of thiophene rings is 1. The SMILES string of the molecule is O=C(c1cc2c(s1)CCCC2)N1CCCC(n2cccn2)C1. The molecule has 0 N–H and O–H groups in total. The van der Waals surface area contributed by atoms with Crippen LogP contribution in [-0.4, -0.2) is 33.7 Å². The molecule has 1 aliphatic carbocycles. The predicted octanol–water partition coefficient (Wildman–Crippen LogP) is 3.30. The topological polar surface area (TPSA) is 38.1 Å². The number of hydrogen-bond acceptors (Lipinski definition) is 3. The Hall–Kier alpha value is -1.62. The monoisotopic (exact) mass is 315 g/mol. The molecule has 1 atom stereocenters. The quantitative estimate of drug-likeness (QED) is 0.853. The molecular weight excluding hydrogens is 294 g/mol. The zero-order valence-electron chi connectivity index (χ0n) is 12.7. The molecule has 1 fully saturated rings. The Balaban J connectivity index is 1.51. The molecule has 116 valence electrons. The number of hydrogen-bond donors (Lipinski definition) is 0. The summed E-state index contributed by atoms with van der Waals surface area (Å²) in [6.07, 6.45) is 10.8. The fraction of sp³-hybridized carbons (Fsp3) is 0.529. The number of nitrogens with zero attached hydrogens (tertiary/aromatic N) is 3. The Kier molecular flexibility index (Phi) is 3.74. The molecule has 1 saturated heterocycles. The summed E-state index contributed by atoms with van der Waals surface area (Å²) in [5.74, 6) is 0.219. The van der Waals surface area contributed by atoms with Crippen molar-refractivity contribution in [3.05, 3.63) is 39.8 Å². The second-order valence-electron chi connectivity index (χ2n) is 6.30. The molecule has 2 aromatic rings. The summed E-state index contributed by atoms with van der Waals surface area (Å²) >= 11 is 1.72. The van der Waals surface area contributed by atoms with E-state index in [4.69, 9.17) is 0 Å². The molecule has 5 heteroatoms. The second-order valence-corrected chi connectivity index (χ2v) is 7.44. The van der Waals surface area contributed by atoms with Crippen molar-refractivity contribution in [2.75, 3.05) is 13.1 Å². The van der Waals surface area contributed by atoms with Gasteiger partial charge in [-0.1, -0.05) is 0 Å². The first-order valence-electron chi connectivity index (χ1n) is 8.21. The minimum atomic E-state index is 0.219. The average Bonchev–Trinajstić information content (AvgIpc) is 3.23. The highest BCUT2D eigenvalue weighted by atomic mass is 32.1. The van der Waals surface area contributed by atoms with Gasteiger partial charge in [0.1, 0.15) is 0 Å². The first-order valence-corrected chi connectivity index (χ1v) is 9.03. The molecule has 0 aromatic carbocycles. The van der Waals surface area contributed by atoms with Gasteiger partial charge >= 0.3 is 0 Å². The highest BCUT2D eigenvalue weighted by Gasteiger charge is 2.27. The number of aromatic nitrogens is 2. The fourth-order valence-electron chi connectivity index (χ4n) is 3.60. The predicted molar refractivity (Wildman–Crippen MR) is 87.4 cm³/mol. The Morgan fingerprint density at radius 3 is 3.00 bits per heavy atom. The van der Waals surface area contributed by atoms with Crippen LogP contribution in [0.3, 0.4) is 0 Å². The van der Waals surface area contributed by atoms with Crippen LogP contribution in [0.2, 0.25) is 0 Å². The van der Waals surface area contributed by atoms with Gasteiger partial charge in [0.05, 0.1) is 10.9 Å². The molecule has 4 nitrogen and oxygen atoms in total. The normalized spacial score (nSPS) is 21.6. The lowest BCUT2D eigenvalue weighted by Crippen LogP contribution is -2.40. The van der Waals surface area contributed by atoms with Crippen molar-refractivity contribution in [3.8, 4) is 0 Å². The number of aryl methyl sites for hydroxylation is 2. The maximum absolute atomic E-state index is 12.8. The van der Waals surface area contributed by atoms with Gasteiger partial charge < -0.3 is 4.90 Å². The first-order chi connectivity index (χ1) is 10.8. The van der Waals surface area contributed by atoms with Gasteiger partial charge in [-0.15, -0.1) is 11.3 Å².